The maximum absolute atomic E-state index is 14.2. The monoisotopic (exact) mass is 394 g/mol. The number of carbonyl (C=O) groups excluding carboxylic acids is 1. The van der Waals surface area contributed by atoms with Gasteiger partial charge in [0.2, 0.25) is 5.91 Å². The molecule has 3 aromatic rings. The van der Waals surface area contributed by atoms with Crippen LogP contribution in [0.15, 0.2) is 30.7 Å². The smallest absolute Gasteiger partial charge is 0.353 e. The van der Waals surface area contributed by atoms with Gasteiger partial charge >= 0.3 is 6.18 Å². The first-order valence-electron chi connectivity index (χ1n) is 8.36. The van der Waals surface area contributed by atoms with Crippen molar-refractivity contribution < 1.29 is 22.4 Å². The second kappa shape index (κ2) is 6.43. The van der Waals surface area contributed by atoms with Crippen molar-refractivity contribution in [2.45, 2.75) is 24.6 Å². The molecular formula is C17H14F4N6O. The van der Waals surface area contributed by atoms with E-state index in [-0.39, 0.29) is 24.5 Å². The molecule has 1 aliphatic carbocycles. The Hall–Kier alpha value is -3.24. The fraction of sp³-hybridized carbons (Fsp3) is 0.294. The van der Waals surface area contributed by atoms with Crippen LogP contribution in [0.25, 0.3) is 22.4 Å². The lowest BCUT2D eigenvalue weighted by Gasteiger charge is -2.19. The van der Waals surface area contributed by atoms with Gasteiger partial charge < -0.3 is 15.6 Å². The Balaban J connectivity index is 1.59. The number of pyridine rings is 1. The summed E-state index contributed by atoms with van der Waals surface area (Å²) >= 11 is 0. The van der Waals surface area contributed by atoms with Crippen LogP contribution in [0.1, 0.15) is 12.8 Å². The molecule has 0 radical (unpaired) electrons. The van der Waals surface area contributed by atoms with Crippen LogP contribution >= 0.6 is 0 Å². The average Bonchev–Trinajstić information content (AvgIpc) is 3.31. The Morgan fingerprint density at radius 3 is 2.79 bits per heavy atom. The van der Waals surface area contributed by atoms with E-state index < -0.39 is 30.0 Å². The van der Waals surface area contributed by atoms with Crippen molar-refractivity contribution in [2.75, 3.05) is 11.9 Å². The molecule has 1 saturated carbocycles. The predicted octanol–water partition coefficient (Wildman–Crippen LogP) is 2.78. The first kappa shape index (κ1) is 18.1. The van der Waals surface area contributed by atoms with Crippen LogP contribution in [0.4, 0.5) is 23.4 Å². The van der Waals surface area contributed by atoms with Crippen molar-refractivity contribution in [3.05, 3.63) is 36.5 Å². The van der Waals surface area contributed by atoms with Gasteiger partial charge in [-0.05, 0) is 25.0 Å². The van der Waals surface area contributed by atoms with Crippen LogP contribution in [-0.2, 0) is 4.79 Å². The number of H-pyrrole nitrogens is 1. The number of hydrogen-bond donors (Lipinski definition) is 3. The van der Waals surface area contributed by atoms with Crippen molar-refractivity contribution in [3.8, 4) is 11.4 Å². The molecule has 0 aliphatic heterocycles. The predicted molar refractivity (Wildman–Crippen MR) is 91.7 cm³/mol. The maximum Gasteiger partial charge on any atom is 0.405 e. The third-order valence-corrected chi connectivity index (χ3v) is 4.43. The second-order valence-corrected chi connectivity index (χ2v) is 6.50. The Morgan fingerprint density at radius 1 is 1.29 bits per heavy atom. The summed E-state index contributed by atoms with van der Waals surface area (Å²) in [4.78, 5) is 27.3. The summed E-state index contributed by atoms with van der Waals surface area (Å²) in [5.41, 5.74) is -0.123. The molecule has 0 bridgehead atoms. The van der Waals surface area contributed by atoms with Crippen LogP contribution in [0.2, 0.25) is 0 Å². The molecule has 0 atom stereocenters. The molecule has 4 rings (SSSR count). The van der Waals surface area contributed by atoms with Crippen molar-refractivity contribution in [1.82, 2.24) is 25.3 Å². The van der Waals surface area contributed by atoms with E-state index >= 15 is 0 Å². The number of nitrogens with zero attached hydrogens (tertiary/aromatic N) is 3. The maximum atomic E-state index is 14.2. The van der Waals surface area contributed by atoms with Gasteiger partial charge in [0, 0.05) is 23.3 Å². The van der Waals surface area contributed by atoms with E-state index in [1.54, 1.807) is 24.5 Å². The molecule has 11 heteroatoms. The van der Waals surface area contributed by atoms with E-state index in [1.165, 1.54) is 0 Å². The number of anilines is 1. The molecule has 0 unspecified atom stereocenters. The minimum atomic E-state index is -4.53. The fourth-order valence-corrected chi connectivity index (χ4v) is 2.84. The van der Waals surface area contributed by atoms with Crippen LogP contribution in [0.5, 0.6) is 0 Å². The molecule has 3 N–H and O–H groups in total. The standard InChI is InChI=1S/C17H14F4N6O/c18-11-7-24-13(10-6-23-12-9(10)2-1-5-22-12)26-14(11)27-16(3-4-16)15(28)25-8-17(19,20)21/h1-2,5-7H,3-4,8H2,(H,22,23)(H,25,28)(H,24,26,27). The van der Waals surface area contributed by atoms with E-state index in [0.29, 0.717) is 11.2 Å². The van der Waals surface area contributed by atoms with E-state index in [2.05, 4.69) is 25.3 Å². The van der Waals surface area contributed by atoms with E-state index in [0.717, 1.165) is 11.6 Å². The second-order valence-electron chi connectivity index (χ2n) is 6.50. The number of alkyl halides is 3. The number of aromatic nitrogens is 4. The van der Waals surface area contributed by atoms with Crippen LogP contribution < -0.4 is 10.6 Å². The lowest BCUT2D eigenvalue weighted by Crippen LogP contribution is -2.45. The van der Waals surface area contributed by atoms with E-state index in [1.807, 2.05) is 5.32 Å². The lowest BCUT2D eigenvalue weighted by molar-refractivity contribution is -0.139. The van der Waals surface area contributed by atoms with Crippen molar-refractivity contribution >= 4 is 22.8 Å². The summed E-state index contributed by atoms with van der Waals surface area (Å²) in [7, 11) is 0. The van der Waals surface area contributed by atoms with Gasteiger partial charge in [-0.15, -0.1) is 0 Å². The fourth-order valence-electron chi connectivity index (χ4n) is 2.84. The third kappa shape index (κ3) is 3.47. The number of hydrogen-bond acceptors (Lipinski definition) is 5. The van der Waals surface area contributed by atoms with Gasteiger partial charge in [-0.1, -0.05) is 0 Å². The van der Waals surface area contributed by atoms with Gasteiger partial charge in [-0.3, -0.25) is 4.79 Å². The number of aromatic amines is 1. The number of rotatable bonds is 5. The average molecular weight is 394 g/mol. The topological polar surface area (TPSA) is 95.6 Å². The summed E-state index contributed by atoms with van der Waals surface area (Å²) in [6.45, 7) is -1.45. The number of halogens is 4. The summed E-state index contributed by atoms with van der Waals surface area (Å²) in [6, 6.07) is 3.52. The van der Waals surface area contributed by atoms with Crippen molar-refractivity contribution in [1.29, 1.82) is 0 Å². The zero-order valence-corrected chi connectivity index (χ0v) is 14.3. The van der Waals surface area contributed by atoms with Crippen LogP contribution in [-0.4, -0.2) is 44.1 Å². The highest BCUT2D eigenvalue weighted by atomic mass is 19.4. The molecule has 0 spiro atoms. The summed E-state index contributed by atoms with van der Waals surface area (Å²) in [5, 5.41) is 5.20. The lowest BCUT2D eigenvalue weighted by atomic mass is 10.2. The summed E-state index contributed by atoms with van der Waals surface area (Å²) < 4.78 is 51.2. The number of nitrogens with one attached hydrogen (secondary N) is 3. The Kier molecular flexibility index (Phi) is 4.16. The first-order chi connectivity index (χ1) is 13.3. The Labute approximate surface area is 155 Å². The summed E-state index contributed by atoms with van der Waals surface area (Å²) in [6.07, 6.45) is 0.195. The summed E-state index contributed by atoms with van der Waals surface area (Å²) in [5.74, 6) is -1.71. The molecule has 0 aromatic carbocycles. The first-order valence-corrected chi connectivity index (χ1v) is 8.36. The van der Waals surface area contributed by atoms with Crippen LogP contribution in [0, 0.1) is 5.82 Å². The Bertz CT molecular complexity index is 1040. The van der Waals surface area contributed by atoms with E-state index in [9.17, 15) is 22.4 Å². The molecule has 146 valence electrons. The largest absolute Gasteiger partial charge is 0.405 e. The molecule has 3 aromatic heterocycles. The van der Waals surface area contributed by atoms with Crippen molar-refractivity contribution in [3.63, 3.8) is 0 Å². The minimum Gasteiger partial charge on any atom is -0.353 e. The number of fused-ring (bicyclic) bond motifs is 1. The van der Waals surface area contributed by atoms with Gasteiger partial charge in [0.15, 0.2) is 17.5 Å². The number of amides is 1. The quantitative estimate of drug-likeness (QED) is 0.579. The normalized spacial score (nSPS) is 15.4. The molecule has 0 saturated heterocycles. The minimum absolute atomic E-state index is 0.189. The van der Waals surface area contributed by atoms with E-state index in [4.69, 9.17) is 0 Å². The van der Waals surface area contributed by atoms with Gasteiger partial charge in [0.05, 0.1) is 6.20 Å². The molecule has 1 aliphatic rings. The van der Waals surface area contributed by atoms with Gasteiger partial charge in [0.25, 0.3) is 0 Å². The highest BCUT2D eigenvalue weighted by Crippen LogP contribution is 2.40. The SMILES string of the molecule is O=C(NCC(F)(F)F)C1(Nc2nc(-c3c[nH]c4ncccc34)ncc2F)CC1. The highest BCUT2D eigenvalue weighted by molar-refractivity contribution is 5.93. The van der Waals surface area contributed by atoms with Gasteiger partial charge in [0.1, 0.15) is 17.7 Å². The zero-order chi connectivity index (χ0) is 19.9. The van der Waals surface area contributed by atoms with Gasteiger partial charge in [-0.25, -0.2) is 19.3 Å². The third-order valence-electron chi connectivity index (χ3n) is 4.43. The Morgan fingerprint density at radius 2 is 2.07 bits per heavy atom. The van der Waals surface area contributed by atoms with Crippen molar-refractivity contribution in [2.24, 2.45) is 0 Å². The highest BCUT2D eigenvalue weighted by Gasteiger charge is 2.51. The molecule has 1 fully saturated rings. The van der Waals surface area contributed by atoms with Crippen LogP contribution in [0.3, 0.4) is 0 Å². The zero-order valence-electron chi connectivity index (χ0n) is 14.3. The molecule has 1 amide bonds. The molecule has 28 heavy (non-hydrogen) atoms. The number of carbonyl (C=O) groups is 1. The molecule has 7 nitrogen and oxygen atoms in total. The molecule has 3 heterocycles. The molecular weight excluding hydrogens is 380 g/mol. The van der Waals surface area contributed by atoms with Gasteiger partial charge in [-0.2, -0.15) is 13.2 Å².